The highest BCUT2D eigenvalue weighted by Gasteiger charge is 2.27. The fourth-order valence-corrected chi connectivity index (χ4v) is 2.22. The number of benzene rings is 1. The van der Waals surface area contributed by atoms with E-state index >= 15 is 0 Å². The molecule has 1 aromatic carbocycles. The van der Waals surface area contributed by atoms with Gasteiger partial charge in [-0.3, -0.25) is 4.79 Å². The molecule has 3 nitrogen and oxygen atoms in total. The Kier molecular flexibility index (Phi) is 4.77. The van der Waals surface area contributed by atoms with E-state index in [1.54, 1.807) is 0 Å². The fourth-order valence-electron chi connectivity index (χ4n) is 2.22. The highest BCUT2D eigenvalue weighted by atomic mass is 35.5. The molecule has 0 aliphatic carbocycles. The molecule has 0 fully saturated rings. The number of aryl methyl sites for hydroxylation is 1. The molecule has 0 saturated carbocycles. The third-order valence-electron chi connectivity index (χ3n) is 3.28. The molecule has 0 saturated heterocycles. The minimum absolute atomic E-state index is 0. The van der Waals surface area contributed by atoms with Crippen molar-refractivity contribution >= 4 is 18.2 Å². The second kappa shape index (κ2) is 5.72. The van der Waals surface area contributed by atoms with Gasteiger partial charge in [-0.2, -0.15) is 0 Å². The summed E-state index contributed by atoms with van der Waals surface area (Å²) in [7, 11) is 0. The number of fused-ring (bicyclic) bond motifs is 1. The quantitative estimate of drug-likeness (QED) is 0.853. The summed E-state index contributed by atoms with van der Waals surface area (Å²) in [6, 6.07) is 3.59. The van der Waals surface area contributed by atoms with Crippen LogP contribution in [0.15, 0.2) is 12.1 Å². The summed E-state index contributed by atoms with van der Waals surface area (Å²) in [5.74, 6) is 1.10. The van der Waals surface area contributed by atoms with Crippen molar-refractivity contribution in [1.82, 2.24) is 0 Å². The molecular weight excluding hydrogens is 250 g/mol. The molecule has 0 spiro atoms. The molecule has 1 aliphatic rings. The Labute approximate surface area is 114 Å². The molecule has 1 unspecified atom stereocenters. The van der Waals surface area contributed by atoms with Crippen molar-refractivity contribution < 1.29 is 9.53 Å². The van der Waals surface area contributed by atoms with Crippen LogP contribution in [0.4, 0.5) is 0 Å². The number of halogens is 1. The molecule has 1 heterocycles. The number of hydrogen-bond acceptors (Lipinski definition) is 3. The van der Waals surface area contributed by atoms with Gasteiger partial charge in [-0.15, -0.1) is 12.4 Å². The molecule has 100 valence electrons. The SMILES string of the molecule is Cc1ccc(C(C)C)c2c1C(=O)C(N)CCO2.Cl. The second-order valence-electron chi connectivity index (χ2n) is 4.94. The molecule has 0 bridgehead atoms. The summed E-state index contributed by atoms with van der Waals surface area (Å²) in [5.41, 5.74) is 8.58. The van der Waals surface area contributed by atoms with E-state index < -0.39 is 6.04 Å². The minimum atomic E-state index is -0.433. The van der Waals surface area contributed by atoms with E-state index in [-0.39, 0.29) is 18.2 Å². The highest BCUT2D eigenvalue weighted by Crippen LogP contribution is 2.34. The Bertz CT molecular complexity index is 457. The van der Waals surface area contributed by atoms with Crippen LogP contribution in [-0.4, -0.2) is 18.4 Å². The summed E-state index contributed by atoms with van der Waals surface area (Å²) in [5, 5.41) is 0. The van der Waals surface area contributed by atoms with Crippen LogP contribution in [0, 0.1) is 6.92 Å². The highest BCUT2D eigenvalue weighted by molar-refractivity contribution is 6.04. The molecule has 0 amide bonds. The van der Waals surface area contributed by atoms with Crippen LogP contribution < -0.4 is 10.5 Å². The topological polar surface area (TPSA) is 52.3 Å². The minimum Gasteiger partial charge on any atom is -0.492 e. The summed E-state index contributed by atoms with van der Waals surface area (Å²) >= 11 is 0. The van der Waals surface area contributed by atoms with Crippen molar-refractivity contribution in [2.24, 2.45) is 5.73 Å². The predicted molar refractivity (Wildman–Crippen MR) is 74.9 cm³/mol. The van der Waals surface area contributed by atoms with Gasteiger partial charge >= 0.3 is 0 Å². The second-order valence-corrected chi connectivity index (χ2v) is 4.94. The van der Waals surface area contributed by atoms with Crippen LogP contribution in [0.25, 0.3) is 0 Å². The van der Waals surface area contributed by atoms with E-state index in [0.717, 1.165) is 16.9 Å². The van der Waals surface area contributed by atoms with Crippen molar-refractivity contribution in [2.45, 2.75) is 39.2 Å². The van der Waals surface area contributed by atoms with Crippen molar-refractivity contribution in [3.8, 4) is 5.75 Å². The lowest BCUT2D eigenvalue weighted by Gasteiger charge is -2.16. The zero-order valence-corrected chi connectivity index (χ0v) is 11.8. The number of ether oxygens (including phenoxy) is 1. The van der Waals surface area contributed by atoms with Crippen LogP contribution >= 0.6 is 12.4 Å². The lowest BCUT2D eigenvalue weighted by atomic mass is 9.92. The first-order valence-corrected chi connectivity index (χ1v) is 6.08. The van der Waals surface area contributed by atoms with Gasteiger partial charge in [-0.05, 0) is 24.0 Å². The number of carbonyl (C=O) groups is 1. The van der Waals surface area contributed by atoms with Gasteiger partial charge in [-0.25, -0.2) is 0 Å². The van der Waals surface area contributed by atoms with Crippen molar-refractivity contribution in [3.05, 3.63) is 28.8 Å². The monoisotopic (exact) mass is 269 g/mol. The summed E-state index contributed by atoms with van der Waals surface area (Å²) in [6.07, 6.45) is 0.588. The number of rotatable bonds is 1. The third-order valence-corrected chi connectivity index (χ3v) is 3.28. The average molecular weight is 270 g/mol. The summed E-state index contributed by atoms with van der Waals surface area (Å²) in [6.45, 7) is 6.65. The zero-order chi connectivity index (χ0) is 12.6. The first kappa shape index (κ1) is 15.0. The van der Waals surface area contributed by atoms with Gasteiger partial charge < -0.3 is 10.5 Å². The molecule has 2 N–H and O–H groups in total. The lowest BCUT2D eigenvalue weighted by molar-refractivity contribution is 0.0959. The van der Waals surface area contributed by atoms with Gasteiger partial charge in [-0.1, -0.05) is 26.0 Å². The smallest absolute Gasteiger partial charge is 0.183 e. The largest absolute Gasteiger partial charge is 0.492 e. The molecule has 1 aromatic rings. The van der Waals surface area contributed by atoms with Crippen LogP contribution in [0.1, 0.15) is 47.7 Å². The Hall–Kier alpha value is -1.06. The number of nitrogens with two attached hydrogens (primary N) is 1. The van der Waals surface area contributed by atoms with Crippen LogP contribution in [0.2, 0.25) is 0 Å². The van der Waals surface area contributed by atoms with Crippen molar-refractivity contribution in [1.29, 1.82) is 0 Å². The molecular formula is C14H20ClNO2. The first-order chi connectivity index (χ1) is 8.02. The van der Waals surface area contributed by atoms with Gasteiger partial charge in [0.05, 0.1) is 18.2 Å². The Morgan fingerprint density at radius 1 is 1.39 bits per heavy atom. The average Bonchev–Trinajstić information content (AvgIpc) is 2.40. The van der Waals surface area contributed by atoms with E-state index in [4.69, 9.17) is 10.5 Å². The Balaban J connectivity index is 0.00000162. The third kappa shape index (κ3) is 2.52. The molecule has 1 aliphatic heterocycles. The van der Waals surface area contributed by atoms with Crippen LogP contribution in [0.5, 0.6) is 5.75 Å². The molecule has 18 heavy (non-hydrogen) atoms. The van der Waals surface area contributed by atoms with E-state index in [1.165, 1.54) is 0 Å². The number of carbonyl (C=O) groups excluding carboxylic acids is 1. The van der Waals surface area contributed by atoms with Gasteiger partial charge in [0.15, 0.2) is 5.78 Å². The molecule has 0 radical (unpaired) electrons. The molecule has 1 atom stereocenters. The Morgan fingerprint density at radius 3 is 2.67 bits per heavy atom. The van der Waals surface area contributed by atoms with Crippen LogP contribution in [-0.2, 0) is 0 Å². The number of ketones is 1. The predicted octanol–water partition coefficient (Wildman–Crippen LogP) is 2.83. The van der Waals surface area contributed by atoms with Crippen LogP contribution in [0.3, 0.4) is 0 Å². The lowest BCUT2D eigenvalue weighted by Crippen LogP contribution is -2.30. The van der Waals surface area contributed by atoms with Gasteiger partial charge in [0.25, 0.3) is 0 Å². The zero-order valence-electron chi connectivity index (χ0n) is 11.0. The number of Topliss-reactive ketones (excluding diaryl/α,β-unsaturated/α-hetero) is 1. The fraction of sp³-hybridized carbons (Fsp3) is 0.500. The molecule has 0 aromatic heterocycles. The van der Waals surface area contributed by atoms with Gasteiger partial charge in [0, 0.05) is 6.42 Å². The van der Waals surface area contributed by atoms with Crippen molar-refractivity contribution in [2.75, 3.05) is 6.61 Å². The summed E-state index contributed by atoms with van der Waals surface area (Å²) in [4.78, 5) is 12.2. The van der Waals surface area contributed by atoms with Gasteiger partial charge in [0.2, 0.25) is 0 Å². The van der Waals surface area contributed by atoms with E-state index in [1.807, 2.05) is 19.1 Å². The maximum Gasteiger partial charge on any atom is 0.183 e. The number of hydrogen-bond donors (Lipinski definition) is 1. The van der Waals surface area contributed by atoms with Crippen molar-refractivity contribution in [3.63, 3.8) is 0 Å². The first-order valence-electron chi connectivity index (χ1n) is 6.08. The standard InChI is InChI=1S/C14H19NO2.ClH/c1-8(2)10-5-4-9(3)12-13(16)11(15)6-7-17-14(10)12;/h4-5,8,11H,6-7,15H2,1-3H3;1H. The Morgan fingerprint density at radius 2 is 2.06 bits per heavy atom. The normalized spacial score (nSPS) is 18.7. The summed E-state index contributed by atoms with van der Waals surface area (Å²) < 4.78 is 5.76. The van der Waals surface area contributed by atoms with E-state index in [0.29, 0.717) is 24.5 Å². The van der Waals surface area contributed by atoms with E-state index in [9.17, 15) is 4.79 Å². The maximum absolute atomic E-state index is 12.2. The molecule has 2 rings (SSSR count). The van der Waals surface area contributed by atoms with Gasteiger partial charge in [0.1, 0.15) is 5.75 Å². The molecule has 4 heteroatoms. The van der Waals surface area contributed by atoms with E-state index in [2.05, 4.69) is 13.8 Å². The maximum atomic E-state index is 12.2.